The average molecular weight is 1280 g/mol. The molecule has 4 heterocycles. The maximum Gasteiger partial charge on any atom is 0.252 e. The highest BCUT2D eigenvalue weighted by molar-refractivity contribution is 7.00. The summed E-state index contributed by atoms with van der Waals surface area (Å²) in [5, 5.41) is 4.65. The van der Waals surface area contributed by atoms with Gasteiger partial charge in [0.25, 0.3) is 6.71 Å². The van der Waals surface area contributed by atoms with E-state index in [2.05, 4.69) is 351 Å². The molecule has 17 rings (SSSR count). The van der Waals surface area contributed by atoms with E-state index >= 15 is 0 Å². The van der Waals surface area contributed by atoms with Crippen LogP contribution in [0.2, 0.25) is 0 Å². The van der Waals surface area contributed by atoms with Crippen LogP contribution in [0, 0.1) is 0 Å². The zero-order chi connectivity index (χ0) is 72.4. The Morgan fingerprint density at radius 3 is 1.32 bits per heavy atom. The van der Waals surface area contributed by atoms with Crippen LogP contribution in [0.15, 0.2) is 285 Å². The lowest BCUT2D eigenvalue weighted by molar-refractivity contribution is 0.590. The third-order valence-electron chi connectivity index (χ3n) is 20.9. The lowest BCUT2D eigenvalue weighted by atomic mass is 9.33. The van der Waals surface area contributed by atoms with Gasteiger partial charge in [-0.1, -0.05) is 271 Å². The van der Waals surface area contributed by atoms with Crippen LogP contribution < -0.4 is 26.2 Å². The summed E-state index contributed by atoms with van der Waals surface area (Å²) in [6, 6.07) is 92.6. The van der Waals surface area contributed by atoms with Gasteiger partial charge in [0, 0.05) is 66.8 Å². The van der Waals surface area contributed by atoms with E-state index in [9.17, 15) is 2.74 Å². The molecule has 99 heavy (non-hydrogen) atoms. The molecule has 0 saturated carbocycles. The fourth-order valence-electron chi connectivity index (χ4n) is 15.7. The molecule has 482 valence electrons. The molecule has 4 nitrogen and oxygen atoms in total. The first-order valence-corrected chi connectivity index (χ1v) is 34.9. The maximum atomic E-state index is 9.62. The van der Waals surface area contributed by atoms with Gasteiger partial charge in [-0.15, -0.1) is 0 Å². The molecule has 2 aromatic heterocycles. The highest BCUT2D eigenvalue weighted by atomic mass is 15.2. The molecule has 0 unspecified atom stereocenters. The molecular formula is C94H83BN4. The highest BCUT2D eigenvalue weighted by Gasteiger charge is 2.46. The van der Waals surface area contributed by atoms with Crippen molar-refractivity contribution in [1.82, 2.24) is 9.13 Å². The van der Waals surface area contributed by atoms with E-state index in [1.165, 1.54) is 27.5 Å². The van der Waals surface area contributed by atoms with Gasteiger partial charge >= 0.3 is 0 Å². The number of para-hydroxylation sites is 2. The normalized spacial score (nSPS) is 13.9. The van der Waals surface area contributed by atoms with E-state index in [1.54, 1.807) is 0 Å². The Labute approximate surface area is 591 Å². The van der Waals surface area contributed by atoms with Gasteiger partial charge in [0.15, 0.2) is 0 Å². The number of benzene rings is 13. The van der Waals surface area contributed by atoms with E-state index in [-0.39, 0.29) is 46.0 Å². The van der Waals surface area contributed by atoms with Crippen molar-refractivity contribution in [1.29, 1.82) is 0 Å². The molecule has 2 aliphatic rings. The Bertz CT molecular complexity index is 5870. The number of nitrogens with zero attached hydrogens (tertiary/aromatic N) is 4. The van der Waals surface area contributed by atoms with Crippen molar-refractivity contribution in [3.8, 4) is 55.9 Å². The quantitative estimate of drug-likeness (QED) is 0.141. The van der Waals surface area contributed by atoms with Gasteiger partial charge < -0.3 is 18.9 Å². The largest absolute Gasteiger partial charge is 0.311 e. The molecule has 0 aliphatic carbocycles. The van der Waals surface area contributed by atoms with Crippen molar-refractivity contribution in [2.45, 2.75) is 105 Å². The van der Waals surface area contributed by atoms with Gasteiger partial charge in [-0.2, -0.15) is 0 Å². The molecular weight excluding hydrogens is 1200 g/mol. The smallest absolute Gasteiger partial charge is 0.252 e. The fourth-order valence-corrected chi connectivity index (χ4v) is 15.7. The number of hydrogen-bond acceptors (Lipinski definition) is 2. The van der Waals surface area contributed by atoms with Crippen molar-refractivity contribution in [3.63, 3.8) is 0 Å². The summed E-state index contributed by atoms with van der Waals surface area (Å²) in [4.78, 5) is 5.13. The third kappa shape index (κ3) is 10.3. The summed E-state index contributed by atoms with van der Waals surface area (Å²) in [6.45, 7) is 27.2. The van der Waals surface area contributed by atoms with E-state index < -0.39 is 18.2 Å². The van der Waals surface area contributed by atoms with Gasteiger partial charge in [-0.25, -0.2) is 0 Å². The summed E-state index contributed by atoms with van der Waals surface area (Å²) in [7, 11) is 0. The standard InChI is InChI=1S/C94H83BN4/c1-91(2,3)66-43-48-80-75(53-66)76-54-67(92(4,5)6)44-49-81(76)97(80)71-45-47-78-83(59-71)98(85-52-65(61-32-20-14-21-33-61)51-84-88(85)72-40-28-29-41-79(72)96(84)70-38-26-17-27-39-70)86-57-69(94(10,11)12)58-87-89(86)95(78)77-46-42-64(60-30-18-13-19-31-60)50-82(77)99(87)90-73(62-34-22-15-23-35-62)55-68(93(7,8)9)56-74(90)63-36-24-16-25-37-63/h13-59H,1-12H3/i13D,18D,19D,30D,31D. The zero-order valence-electron chi connectivity index (χ0n) is 63.6. The summed E-state index contributed by atoms with van der Waals surface area (Å²) < 4.78 is 51.2. The van der Waals surface area contributed by atoms with Gasteiger partial charge in [0.05, 0.1) is 40.3 Å². The Morgan fingerprint density at radius 2 is 0.758 bits per heavy atom. The maximum absolute atomic E-state index is 9.62. The first-order chi connectivity index (χ1) is 49.7. The van der Waals surface area contributed by atoms with Crippen LogP contribution in [-0.2, 0) is 21.7 Å². The predicted molar refractivity (Wildman–Crippen MR) is 426 cm³/mol. The fraction of sp³-hybridized carbons (Fsp3) is 0.170. The van der Waals surface area contributed by atoms with E-state index in [0.717, 1.165) is 134 Å². The molecule has 0 fully saturated rings. The second-order valence-electron chi connectivity index (χ2n) is 31.4. The molecule has 0 amide bonds. The van der Waals surface area contributed by atoms with E-state index in [1.807, 2.05) is 6.07 Å². The lowest BCUT2D eigenvalue weighted by Crippen LogP contribution is -2.61. The molecule has 15 aromatic rings. The number of aromatic nitrogens is 2. The average Bonchev–Trinajstić information content (AvgIpc) is 0.790. The van der Waals surface area contributed by atoms with Crippen molar-refractivity contribution >= 4 is 101 Å². The number of anilines is 6. The molecule has 0 saturated heterocycles. The topological polar surface area (TPSA) is 16.3 Å². The van der Waals surface area contributed by atoms with Crippen molar-refractivity contribution in [3.05, 3.63) is 307 Å². The lowest BCUT2D eigenvalue weighted by Gasteiger charge is -2.46. The van der Waals surface area contributed by atoms with Crippen molar-refractivity contribution in [2.24, 2.45) is 0 Å². The van der Waals surface area contributed by atoms with Crippen LogP contribution in [0.4, 0.5) is 34.1 Å². The monoisotopic (exact) mass is 1280 g/mol. The number of fused-ring (bicyclic) bond motifs is 10. The van der Waals surface area contributed by atoms with Crippen LogP contribution in [0.25, 0.3) is 99.5 Å². The number of rotatable bonds is 8. The van der Waals surface area contributed by atoms with Crippen LogP contribution in [0.5, 0.6) is 0 Å². The van der Waals surface area contributed by atoms with Crippen LogP contribution >= 0.6 is 0 Å². The Hall–Kier alpha value is -10.9. The van der Waals surface area contributed by atoms with E-state index in [4.69, 9.17) is 4.11 Å². The summed E-state index contributed by atoms with van der Waals surface area (Å²) in [5.41, 5.74) is 26.5. The molecule has 5 heteroatoms. The molecule has 0 radical (unpaired) electrons. The Balaban J connectivity index is 1.07. The Morgan fingerprint density at radius 1 is 0.293 bits per heavy atom. The summed E-state index contributed by atoms with van der Waals surface area (Å²) in [6.07, 6.45) is 0. The molecule has 13 aromatic carbocycles. The minimum atomic E-state index is -0.429. The van der Waals surface area contributed by atoms with Gasteiger partial charge in [0.1, 0.15) is 0 Å². The SMILES string of the molecule is [2H]c1c([2H])c([2H])c(-c2ccc3c(c2)N(c2c(-c4ccccc4)cc(C(C)(C)C)cc2-c2ccccc2)c2cc(C(C)(C)C)cc4c2B3c2ccc(-n3c5ccc(C(C)(C)C)cc5c5cc(C(C)(C)C)ccc53)cc2N4c2cc(-c3ccccc3)cc3c2c2ccccc2n3-c2ccccc2)c([2H])c1[2H]. The third-order valence-corrected chi connectivity index (χ3v) is 20.9. The van der Waals surface area contributed by atoms with Crippen LogP contribution in [-0.4, -0.2) is 15.8 Å². The minimum absolute atomic E-state index is 0.0958. The molecule has 2 aliphatic heterocycles. The van der Waals surface area contributed by atoms with Gasteiger partial charge in [-0.05, 0) is 191 Å². The first-order valence-electron chi connectivity index (χ1n) is 37.4. The highest BCUT2D eigenvalue weighted by Crippen LogP contribution is 2.55. The molecule has 0 atom stereocenters. The van der Waals surface area contributed by atoms with Crippen molar-refractivity contribution in [2.75, 3.05) is 9.80 Å². The summed E-state index contributed by atoms with van der Waals surface area (Å²) in [5.74, 6) is 0. The van der Waals surface area contributed by atoms with Crippen molar-refractivity contribution < 1.29 is 6.85 Å². The molecule has 0 bridgehead atoms. The molecule has 0 spiro atoms. The second kappa shape index (κ2) is 22.9. The Kier molecular flexibility index (Phi) is 13.0. The van der Waals surface area contributed by atoms with Gasteiger partial charge in [-0.3, -0.25) is 0 Å². The first kappa shape index (κ1) is 56.2. The van der Waals surface area contributed by atoms with Crippen LogP contribution in [0.3, 0.4) is 0 Å². The second-order valence-corrected chi connectivity index (χ2v) is 31.4. The van der Waals surface area contributed by atoms with Crippen LogP contribution in [0.1, 0.15) is 112 Å². The van der Waals surface area contributed by atoms with E-state index in [0.29, 0.717) is 5.56 Å². The predicted octanol–water partition coefficient (Wildman–Crippen LogP) is 23.8. The van der Waals surface area contributed by atoms with Gasteiger partial charge in [0.2, 0.25) is 0 Å². The zero-order valence-corrected chi connectivity index (χ0v) is 58.6. The molecule has 0 N–H and O–H groups in total. The number of hydrogen-bond donors (Lipinski definition) is 0. The summed E-state index contributed by atoms with van der Waals surface area (Å²) >= 11 is 0. The minimum Gasteiger partial charge on any atom is -0.311 e.